The average Bonchev–Trinajstić information content (AvgIpc) is 2.89. The number of piperazine rings is 1. The Morgan fingerprint density at radius 2 is 1.95 bits per heavy atom. The minimum atomic E-state index is -0.976. The number of rotatable bonds is 4. The molecule has 0 aromatic carbocycles. The Hall–Kier alpha value is -1.11. The van der Waals surface area contributed by atoms with Crippen LogP contribution in [0.3, 0.4) is 0 Å². The van der Waals surface area contributed by atoms with Crippen molar-refractivity contribution in [2.24, 2.45) is 0 Å². The van der Waals surface area contributed by atoms with Crippen LogP contribution in [0.15, 0.2) is 11.4 Å². The molecule has 2 rings (SSSR count). The van der Waals surface area contributed by atoms with Crippen LogP contribution < -0.4 is 0 Å². The molecule has 1 fully saturated rings. The van der Waals surface area contributed by atoms with Crippen molar-refractivity contribution < 1.29 is 14.7 Å². The van der Waals surface area contributed by atoms with Gasteiger partial charge in [-0.25, -0.2) is 0 Å². The summed E-state index contributed by atoms with van der Waals surface area (Å²) in [6.07, 6.45) is 0.181. The first kappa shape index (κ1) is 16.3. The zero-order chi connectivity index (χ0) is 15.4. The van der Waals surface area contributed by atoms with Gasteiger partial charge in [-0.3, -0.25) is 9.59 Å². The molecule has 0 aliphatic carbocycles. The molecule has 21 heavy (non-hydrogen) atoms. The Bertz CT molecular complexity index is 510. The molecular weight excluding hydrogens is 312 g/mol. The zero-order valence-corrected chi connectivity index (χ0v) is 13.5. The highest BCUT2D eigenvalue weighted by Gasteiger charge is 2.25. The fraction of sp³-hybridized carbons (Fsp3) is 0.571. The first-order valence-corrected chi connectivity index (χ1v) is 8.20. The molecule has 5 nitrogen and oxygen atoms in total. The number of hydrogen-bond donors (Lipinski definition) is 1. The molecule has 1 unspecified atom stereocenters. The number of aliphatic hydroxyl groups is 1. The van der Waals surface area contributed by atoms with Gasteiger partial charge in [-0.05, 0) is 19.4 Å². The van der Waals surface area contributed by atoms with Crippen LogP contribution in [-0.4, -0.2) is 59.0 Å². The Morgan fingerprint density at radius 1 is 1.33 bits per heavy atom. The topological polar surface area (TPSA) is 60.9 Å². The van der Waals surface area contributed by atoms with Gasteiger partial charge in [-0.2, -0.15) is 0 Å². The summed E-state index contributed by atoms with van der Waals surface area (Å²) in [6, 6.07) is 1.89. The molecule has 0 spiro atoms. The normalized spacial score (nSPS) is 16.9. The lowest BCUT2D eigenvalue weighted by molar-refractivity contribution is -0.144. The number of aliphatic hydroxyl groups excluding tert-OH is 1. The van der Waals surface area contributed by atoms with Crippen molar-refractivity contribution in [3.8, 4) is 0 Å². The van der Waals surface area contributed by atoms with Crippen LogP contribution in [-0.2, 0) is 16.0 Å². The first-order chi connectivity index (χ1) is 9.97. The predicted octanol–water partition coefficient (Wildman–Crippen LogP) is 1.39. The van der Waals surface area contributed by atoms with Gasteiger partial charge in [0.1, 0.15) is 6.10 Å². The summed E-state index contributed by atoms with van der Waals surface area (Å²) in [6.45, 7) is 3.50. The van der Waals surface area contributed by atoms with Crippen molar-refractivity contribution in [2.45, 2.75) is 25.9 Å². The number of halogens is 1. The average molecular weight is 331 g/mol. The lowest BCUT2D eigenvalue weighted by Crippen LogP contribution is -2.52. The van der Waals surface area contributed by atoms with Crippen LogP contribution in [0.5, 0.6) is 0 Å². The fourth-order valence-corrected chi connectivity index (χ4v) is 3.39. The van der Waals surface area contributed by atoms with Crippen molar-refractivity contribution in [3.05, 3.63) is 21.3 Å². The first-order valence-electron chi connectivity index (χ1n) is 6.95. The number of hydrogen-bond acceptors (Lipinski definition) is 4. The second-order valence-electron chi connectivity index (χ2n) is 5.11. The molecule has 116 valence electrons. The van der Waals surface area contributed by atoms with E-state index in [0.29, 0.717) is 44.0 Å². The number of carbonyl (C=O) groups excluding carboxylic acids is 2. The van der Waals surface area contributed by atoms with Gasteiger partial charge in [0.25, 0.3) is 5.91 Å². The van der Waals surface area contributed by atoms with Crippen LogP contribution in [0, 0.1) is 0 Å². The fourth-order valence-electron chi connectivity index (χ4n) is 2.31. The van der Waals surface area contributed by atoms with E-state index in [1.807, 2.05) is 11.4 Å². The molecule has 0 bridgehead atoms. The third-order valence-electron chi connectivity index (χ3n) is 3.51. The maximum atomic E-state index is 12.1. The lowest BCUT2D eigenvalue weighted by Gasteiger charge is -2.35. The maximum Gasteiger partial charge on any atom is 0.251 e. The van der Waals surface area contributed by atoms with E-state index in [0.717, 1.165) is 4.88 Å². The molecule has 1 atom stereocenters. The second-order valence-corrected chi connectivity index (χ2v) is 6.55. The third-order valence-corrected chi connectivity index (χ3v) is 4.85. The van der Waals surface area contributed by atoms with Gasteiger partial charge in [-0.15, -0.1) is 11.3 Å². The minimum absolute atomic E-state index is 0.101. The quantitative estimate of drug-likeness (QED) is 0.907. The standard InChI is InChI=1S/C14H19ClN2O3S/c1-10(18)14(20)17-6-4-16(5-7-17)13(19)3-2-12-8-11(15)9-21-12/h8-10,18H,2-7H2,1H3. The second kappa shape index (κ2) is 7.24. The van der Waals surface area contributed by atoms with E-state index in [1.54, 1.807) is 21.1 Å². The van der Waals surface area contributed by atoms with Gasteiger partial charge in [0.2, 0.25) is 5.91 Å². The summed E-state index contributed by atoms with van der Waals surface area (Å²) >= 11 is 7.42. The Kier molecular flexibility index (Phi) is 5.61. The molecule has 1 aromatic heterocycles. The van der Waals surface area contributed by atoms with Crippen LogP contribution in [0.25, 0.3) is 0 Å². The van der Waals surface area contributed by atoms with Gasteiger partial charge >= 0.3 is 0 Å². The van der Waals surface area contributed by atoms with Crippen molar-refractivity contribution in [3.63, 3.8) is 0 Å². The van der Waals surface area contributed by atoms with E-state index in [4.69, 9.17) is 11.6 Å². The van der Waals surface area contributed by atoms with Crippen molar-refractivity contribution in [1.29, 1.82) is 0 Å². The molecule has 2 heterocycles. The molecule has 1 N–H and O–H groups in total. The van der Waals surface area contributed by atoms with Gasteiger partial charge in [0, 0.05) is 42.9 Å². The molecule has 1 aliphatic heterocycles. The predicted molar refractivity (Wildman–Crippen MR) is 82.5 cm³/mol. The van der Waals surface area contributed by atoms with Crippen LogP contribution in [0.1, 0.15) is 18.2 Å². The van der Waals surface area contributed by atoms with E-state index in [1.165, 1.54) is 6.92 Å². The van der Waals surface area contributed by atoms with Crippen LogP contribution in [0.4, 0.5) is 0 Å². The molecule has 1 saturated heterocycles. The molecule has 0 saturated carbocycles. The molecule has 1 aromatic rings. The summed E-state index contributed by atoms with van der Waals surface area (Å²) < 4.78 is 0. The van der Waals surface area contributed by atoms with E-state index >= 15 is 0 Å². The molecule has 7 heteroatoms. The summed E-state index contributed by atoms with van der Waals surface area (Å²) in [5, 5.41) is 11.9. The summed E-state index contributed by atoms with van der Waals surface area (Å²) in [7, 11) is 0. The van der Waals surface area contributed by atoms with Gasteiger partial charge in [0.05, 0.1) is 5.02 Å². The van der Waals surface area contributed by atoms with E-state index in [2.05, 4.69) is 0 Å². The lowest BCUT2D eigenvalue weighted by atomic mass is 10.2. The van der Waals surface area contributed by atoms with E-state index < -0.39 is 6.10 Å². The summed E-state index contributed by atoms with van der Waals surface area (Å²) in [5.41, 5.74) is 0. The van der Waals surface area contributed by atoms with Gasteiger partial charge in [0.15, 0.2) is 0 Å². The number of nitrogens with zero attached hydrogens (tertiary/aromatic N) is 2. The SMILES string of the molecule is CC(O)C(=O)N1CCN(C(=O)CCc2cc(Cl)cs2)CC1. The monoisotopic (exact) mass is 330 g/mol. The van der Waals surface area contributed by atoms with E-state index in [-0.39, 0.29) is 11.8 Å². The maximum absolute atomic E-state index is 12.1. The highest BCUT2D eigenvalue weighted by molar-refractivity contribution is 7.10. The molecule has 1 aliphatic rings. The molecular formula is C14H19ClN2O3S. The Morgan fingerprint density at radius 3 is 2.48 bits per heavy atom. The Labute approximate surface area is 133 Å². The van der Waals surface area contributed by atoms with Gasteiger partial charge in [-0.1, -0.05) is 11.6 Å². The molecule has 0 radical (unpaired) electrons. The number of aryl methyl sites for hydroxylation is 1. The van der Waals surface area contributed by atoms with Crippen LogP contribution in [0.2, 0.25) is 5.02 Å². The number of carbonyl (C=O) groups is 2. The van der Waals surface area contributed by atoms with Crippen molar-refractivity contribution in [1.82, 2.24) is 9.80 Å². The zero-order valence-electron chi connectivity index (χ0n) is 11.9. The highest BCUT2D eigenvalue weighted by Crippen LogP contribution is 2.20. The minimum Gasteiger partial charge on any atom is -0.384 e. The van der Waals surface area contributed by atoms with Gasteiger partial charge < -0.3 is 14.9 Å². The summed E-state index contributed by atoms with van der Waals surface area (Å²) in [4.78, 5) is 28.3. The number of thiophene rings is 1. The Balaban J connectivity index is 1.76. The summed E-state index contributed by atoms with van der Waals surface area (Å²) in [5.74, 6) is -0.168. The van der Waals surface area contributed by atoms with Crippen LogP contribution >= 0.6 is 22.9 Å². The van der Waals surface area contributed by atoms with Crippen molar-refractivity contribution >= 4 is 34.8 Å². The smallest absolute Gasteiger partial charge is 0.251 e. The highest BCUT2D eigenvalue weighted by atomic mass is 35.5. The van der Waals surface area contributed by atoms with Crippen molar-refractivity contribution in [2.75, 3.05) is 26.2 Å². The third kappa shape index (κ3) is 4.43. The molecule has 2 amide bonds. The number of amides is 2. The largest absolute Gasteiger partial charge is 0.384 e. The van der Waals surface area contributed by atoms with E-state index in [9.17, 15) is 14.7 Å².